The van der Waals surface area contributed by atoms with Crippen molar-refractivity contribution in [1.29, 1.82) is 0 Å². The zero-order valence-electron chi connectivity index (χ0n) is 22.8. The van der Waals surface area contributed by atoms with Crippen LogP contribution in [0, 0.1) is 52.3 Å². The Labute approximate surface area is 221 Å². The summed E-state index contributed by atoms with van der Waals surface area (Å²) in [6.07, 6.45) is 10.1. The smallest absolute Gasteiger partial charge is 0.227 e. The number of hydrogen-bond acceptors (Lipinski definition) is 4. The number of aromatic nitrogens is 1. The van der Waals surface area contributed by atoms with Gasteiger partial charge in [-0.15, -0.1) is 0 Å². The van der Waals surface area contributed by atoms with Gasteiger partial charge in [0, 0.05) is 19.4 Å². The average molecular weight is 513 g/mol. The van der Waals surface area contributed by atoms with E-state index < -0.39 is 5.95 Å². The molecule has 1 aliphatic heterocycles. The number of amides is 1. The number of aliphatic hydroxyl groups is 2. The molecule has 5 nitrogen and oxygen atoms in total. The highest BCUT2D eigenvalue weighted by Gasteiger charge is 2.63. The predicted octanol–water partition coefficient (Wildman–Crippen LogP) is 5.52. The first-order valence-corrected chi connectivity index (χ1v) is 14.9. The molecule has 204 valence electrons. The lowest BCUT2D eigenvalue weighted by molar-refractivity contribution is -0.174. The molecule has 0 bridgehead atoms. The van der Waals surface area contributed by atoms with Crippen LogP contribution in [0.3, 0.4) is 0 Å². The quantitative estimate of drug-likeness (QED) is 0.521. The number of aliphatic hydroxyl groups excluding tert-OH is 2. The molecule has 4 saturated carbocycles. The number of hydrogen-bond donors (Lipinski definition) is 2. The third kappa shape index (κ3) is 3.99. The lowest BCUT2D eigenvalue weighted by atomic mass is 9.43. The Morgan fingerprint density at radius 3 is 2.76 bits per heavy atom. The Balaban J connectivity index is 1.13. The van der Waals surface area contributed by atoms with Crippen molar-refractivity contribution < 1.29 is 19.4 Å². The lowest BCUT2D eigenvalue weighted by Crippen LogP contribution is -2.58. The normalized spacial score (nSPS) is 43.5. The molecule has 4 fully saturated rings. The van der Waals surface area contributed by atoms with Crippen molar-refractivity contribution in [2.75, 3.05) is 11.4 Å². The van der Waals surface area contributed by atoms with Gasteiger partial charge in [-0.2, -0.15) is 4.39 Å². The third-order valence-electron chi connectivity index (χ3n) is 12.4. The number of fused-ring (bicyclic) bond motifs is 6. The maximum Gasteiger partial charge on any atom is 0.227 e. The van der Waals surface area contributed by atoms with Crippen molar-refractivity contribution >= 4 is 11.6 Å². The number of rotatable bonds is 4. The fraction of sp³-hybridized carbons (Fsp3) is 0.806. The zero-order chi connectivity index (χ0) is 26.1. The average Bonchev–Trinajstić information content (AvgIpc) is 3.45. The van der Waals surface area contributed by atoms with Crippen LogP contribution in [0.5, 0.6) is 0 Å². The van der Waals surface area contributed by atoms with Crippen molar-refractivity contribution in [3.8, 4) is 0 Å². The summed E-state index contributed by atoms with van der Waals surface area (Å²) in [6, 6.07) is 3.03. The standard InChI is InChI=1S/C31H45FN2O3/c1-18(4-11-29(37)34-15-13-25-26(34)9-10-28(32)33-25)22-7-8-23-21-6-5-19-16-20(35)12-14-30(19,2)24(21)17-27(36)31(22,23)3/h9-10,18-24,27,35-36H,4-8,11-17H2,1-3H3/t18-,19-,20-,21+,22-,23+,24+,27+,30+,31-/m1/s1. The summed E-state index contributed by atoms with van der Waals surface area (Å²) in [4.78, 5) is 18.9. The topological polar surface area (TPSA) is 73.7 Å². The van der Waals surface area contributed by atoms with Crippen molar-refractivity contribution in [3.63, 3.8) is 0 Å². The van der Waals surface area contributed by atoms with Gasteiger partial charge in [0.15, 0.2) is 0 Å². The molecule has 0 unspecified atom stereocenters. The van der Waals surface area contributed by atoms with Crippen LogP contribution >= 0.6 is 0 Å². The minimum Gasteiger partial charge on any atom is -0.393 e. The van der Waals surface area contributed by atoms with E-state index in [0.29, 0.717) is 60.6 Å². The molecule has 0 radical (unpaired) electrons. The van der Waals surface area contributed by atoms with Gasteiger partial charge in [0.05, 0.1) is 23.6 Å². The van der Waals surface area contributed by atoms with Crippen molar-refractivity contribution in [1.82, 2.24) is 4.98 Å². The molecule has 4 aliphatic carbocycles. The second-order valence-electron chi connectivity index (χ2n) is 13.8. The molecule has 0 spiro atoms. The van der Waals surface area contributed by atoms with Crippen LogP contribution in [0.15, 0.2) is 12.1 Å². The van der Waals surface area contributed by atoms with Gasteiger partial charge in [-0.25, -0.2) is 4.98 Å². The Kier molecular flexibility index (Phi) is 6.46. The summed E-state index contributed by atoms with van der Waals surface area (Å²) in [5.41, 5.74) is 1.62. The highest BCUT2D eigenvalue weighted by molar-refractivity contribution is 5.95. The predicted molar refractivity (Wildman–Crippen MR) is 141 cm³/mol. The Hall–Kier alpha value is -1.53. The van der Waals surface area contributed by atoms with Crippen LogP contribution in [0.2, 0.25) is 0 Å². The fourth-order valence-corrected chi connectivity index (χ4v) is 10.3. The molecule has 5 aliphatic rings. The molecule has 0 aromatic carbocycles. The Morgan fingerprint density at radius 2 is 1.95 bits per heavy atom. The first-order chi connectivity index (χ1) is 17.6. The van der Waals surface area contributed by atoms with Crippen LogP contribution in [0.1, 0.15) is 90.7 Å². The molecule has 0 saturated heterocycles. The molecule has 6 rings (SSSR count). The van der Waals surface area contributed by atoms with Crippen LogP contribution in [0.4, 0.5) is 10.1 Å². The summed E-state index contributed by atoms with van der Waals surface area (Å²) in [5.74, 6) is 2.82. The maximum atomic E-state index is 13.5. The van der Waals surface area contributed by atoms with Crippen LogP contribution < -0.4 is 4.90 Å². The van der Waals surface area contributed by atoms with Gasteiger partial charge in [0.2, 0.25) is 11.9 Å². The highest BCUT2D eigenvalue weighted by atomic mass is 19.1. The summed E-state index contributed by atoms with van der Waals surface area (Å²) >= 11 is 0. The summed E-state index contributed by atoms with van der Waals surface area (Å²) in [6.45, 7) is 7.71. The summed E-state index contributed by atoms with van der Waals surface area (Å²) in [5, 5.41) is 22.1. The number of carbonyl (C=O) groups excluding carboxylic acids is 1. The van der Waals surface area contributed by atoms with Gasteiger partial charge in [0.25, 0.3) is 0 Å². The Bertz CT molecular complexity index is 1050. The number of nitrogens with zero attached hydrogens (tertiary/aromatic N) is 2. The monoisotopic (exact) mass is 512 g/mol. The van der Waals surface area contributed by atoms with Gasteiger partial charge < -0.3 is 15.1 Å². The van der Waals surface area contributed by atoms with Crippen molar-refractivity contribution in [2.24, 2.45) is 46.3 Å². The maximum absolute atomic E-state index is 13.5. The largest absolute Gasteiger partial charge is 0.393 e. The zero-order valence-corrected chi connectivity index (χ0v) is 22.8. The SMILES string of the molecule is C[C@H](CCC(=O)N1CCc2nc(F)ccc21)[C@H]1CC[C@H]2[C@@H]3CC[C@@H]4C[C@H](O)CC[C@]4(C)[C@H]3C[C@H](O)[C@]12C. The van der Waals surface area contributed by atoms with Gasteiger partial charge in [-0.3, -0.25) is 4.79 Å². The fourth-order valence-electron chi connectivity index (χ4n) is 10.3. The molecule has 2 heterocycles. The van der Waals surface area contributed by atoms with E-state index in [-0.39, 0.29) is 28.9 Å². The minimum absolute atomic E-state index is 0.0807. The van der Waals surface area contributed by atoms with Crippen molar-refractivity contribution in [2.45, 2.75) is 104 Å². The van der Waals surface area contributed by atoms with E-state index in [9.17, 15) is 19.4 Å². The van der Waals surface area contributed by atoms with Crippen LogP contribution in [-0.4, -0.2) is 39.9 Å². The number of carbonyl (C=O) groups is 1. The molecular weight excluding hydrogens is 467 g/mol. The van der Waals surface area contributed by atoms with E-state index in [1.54, 1.807) is 11.0 Å². The first kappa shape index (κ1) is 25.7. The van der Waals surface area contributed by atoms with E-state index in [4.69, 9.17) is 0 Å². The van der Waals surface area contributed by atoms with Gasteiger partial charge in [-0.05, 0) is 116 Å². The van der Waals surface area contributed by atoms with E-state index in [0.717, 1.165) is 44.2 Å². The number of anilines is 1. The Morgan fingerprint density at radius 1 is 1.14 bits per heavy atom. The second-order valence-corrected chi connectivity index (χ2v) is 13.8. The van der Waals surface area contributed by atoms with E-state index in [1.165, 1.54) is 25.3 Å². The first-order valence-electron chi connectivity index (χ1n) is 14.9. The molecule has 37 heavy (non-hydrogen) atoms. The van der Waals surface area contributed by atoms with E-state index >= 15 is 0 Å². The highest BCUT2D eigenvalue weighted by Crippen LogP contribution is 2.68. The van der Waals surface area contributed by atoms with E-state index in [1.807, 2.05) is 0 Å². The molecule has 2 N–H and O–H groups in total. The minimum atomic E-state index is -0.484. The molecule has 1 aromatic rings. The molecule has 6 heteroatoms. The van der Waals surface area contributed by atoms with Crippen molar-refractivity contribution in [3.05, 3.63) is 23.8 Å². The third-order valence-corrected chi connectivity index (χ3v) is 12.4. The molecule has 1 amide bonds. The van der Waals surface area contributed by atoms with Crippen LogP contribution in [0.25, 0.3) is 0 Å². The molecular formula is C31H45FN2O3. The van der Waals surface area contributed by atoms with Gasteiger partial charge in [-0.1, -0.05) is 20.8 Å². The second kappa shape index (κ2) is 9.29. The number of halogens is 1. The van der Waals surface area contributed by atoms with Gasteiger partial charge in [0.1, 0.15) is 0 Å². The lowest BCUT2D eigenvalue weighted by Gasteiger charge is -2.62. The number of pyridine rings is 1. The van der Waals surface area contributed by atoms with Gasteiger partial charge >= 0.3 is 0 Å². The molecule has 1 aromatic heterocycles. The summed E-state index contributed by atoms with van der Waals surface area (Å²) in [7, 11) is 0. The summed E-state index contributed by atoms with van der Waals surface area (Å²) < 4.78 is 13.5. The van der Waals surface area contributed by atoms with Crippen LogP contribution in [-0.2, 0) is 11.2 Å². The molecule has 10 atom stereocenters. The van der Waals surface area contributed by atoms with E-state index in [2.05, 4.69) is 25.8 Å².